The quantitative estimate of drug-likeness (QED) is 0.807. The molecule has 26 heavy (non-hydrogen) atoms. The van der Waals surface area contributed by atoms with Crippen molar-refractivity contribution in [1.29, 1.82) is 0 Å². The molecule has 7 heteroatoms. The Morgan fingerprint density at radius 2 is 1.81 bits per heavy atom. The lowest BCUT2D eigenvalue weighted by Gasteiger charge is -2.34. The van der Waals surface area contributed by atoms with Gasteiger partial charge in [0.05, 0.1) is 6.26 Å². The molecule has 1 fully saturated rings. The van der Waals surface area contributed by atoms with Gasteiger partial charge in [0.2, 0.25) is 0 Å². The molecule has 1 N–H and O–H groups in total. The number of ether oxygens (including phenoxy) is 1. The van der Waals surface area contributed by atoms with Gasteiger partial charge in [-0.2, -0.15) is 0 Å². The summed E-state index contributed by atoms with van der Waals surface area (Å²) in [5.74, 6) is 0.852. The number of carbonyl (C=O) groups excluding carboxylic acids is 2. The van der Waals surface area contributed by atoms with Crippen LogP contribution in [0.25, 0.3) is 0 Å². The van der Waals surface area contributed by atoms with Gasteiger partial charge in [0.1, 0.15) is 5.75 Å². The van der Waals surface area contributed by atoms with Crippen molar-refractivity contribution in [2.75, 3.05) is 45.9 Å². The number of piperazine rings is 1. The number of carbonyl (C=O) groups is 2. The highest BCUT2D eigenvalue weighted by molar-refractivity contribution is 5.91. The lowest BCUT2D eigenvalue weighted by Crippen LogP contribution is -2.50. The summed E-state index contributed by atoms with van der Waals surface area (Å²) in [4.78, 5) is 28.0. The fourth-order valence-electron chi connectivity index (χ4n) is 2.80. The summed E-state index contributed by atoms with van der Waals surface area (Å²) in [6.45, 7) is 4.19. The molecule has 2 aromatic rings. The van der Waals surface area contributed by atoms with Gasteiger partial charge < -0.3 is 19.4 Å². The molecule has 0 unspecified atom stereocenters. The molecule has 138 valence electrons. The van der Waals surface area contributed by atoms with Crippen molar-refractivity contribution in [3.8, 4) is 5.75 Å². The van der Waals surface area contributed by atoms with E-state index < -0.39 is 0 Å². The molecule has 1 saturated heterocycles. The molecular weight excluding hydrogens is 334 g/mol. The van der Waals surface area contributed by atoms with Crippen LogP contribution >= 0.6 is 0 Å². The number of amides is 2. The zero-order valence-electron chi connectivity index (χ0n) is 14.6. The lowest BCUT2D eigenvalue weighted by atomic mass is 10.3. The van der Waals surface area contributed by atoms with Gasteiger partial charge in [-0.15, -0.1) is 0 Å². The van der Waals surface area contributed by atoms with Crippen LogP contribution in [0.2, 0.25) is 0 Å². The topological polar surface area (TPSA) is 75.0 Å². The van der Waals surface area contributed by atoms with E-state index in [0.29, 0.717) is 31.1 Å². The minimum atomic E-state index is -0.138. The predicted octanol–water partition coefficient (Wildman–Crippen LogP) is 1.23. The number of hydrogen-bond acceptors (Lipinski definition) is 5. The SMILES string of the molecule is O=C(COc1ccccc1)NCCN1CCN(C(=O)c2ccco2)CC1. The highest BCUT2D eigenvalue weighted by Gasteiger charge is 2.23. The molecule has 0 saturated carbocycles. The van der Waals surface area contributed by atoms with E-state index in [1.54, 1.807) is 17.0 Å². The predicted molar refractivity (Wildman–Crippen MR) is 96.0 cm³/mol. The average molecular weight is 357 g/mol. The maximum atomic E-state index is 12.2. The Labute approximate surface area is 152 Å². The van der Waals surface area contributed by atoms with Crippen molar-refractivity contribution in [2.24, 2.45) is 0 Å². The first-order chi connectivity index (χ1) is 12.7. The summed E-state index contributed by atoms with van der Waals surface area (Å²) in [6.07, 6.45) is 1.51. The Hall–Kier alpha value is -2.80. The molecule has 0 radical (unpaired) electrons. The number of para-hydroxylation sites is 1. The number of hydrogen-bond donors (Lipinski definition) is 1. The average Bonchev–Trinajstić information content (AvgIpc) is 3.22. The Morgan fingerprint density at radius 1 is 1.04 bits per heavy atom. The summed E-state index contributed by atoms with van der Waals surface area (Å²) < 4.78 is 10.6. The lowest BCUT2D eigenvalue weighted by molar-refractivity contribution is -0.123. The Kier molecular flexibility index (Phi) is 6.27. The summed E-state index contributed by atoms with van der Waals surface area (Å²) >= 11 is 0. The first kappa shape index (κ1) is 18.0. The number of benzene rings is 1. The van der Waals surface area contributed by atoms with Crippen LogP contribution in [0, 0.1) is 0 Å². The van der Waals surface area contributed by atoms with Gasteiger partial charge in [-0.1, -0.05) is 18.2 Å². The zero-order valence-corrected chi connectivity index (χ0v) is 14.6. The molecule has 0 atom stereocenters. The Morgan fingerprint density at radius 3 is 2.50 bits per heavy atom. The van der Waals surface area contributed by atoms with Gasteiger partial charge in [0, 0.05) is 39.3 Å². The van der Waals surface area contributed by atoms with E-state index in [9.17, 15) is 9.59 Å². The molecule has 2 amide bonds. The van der Waals surface area contributed by atoms with Crippen molar-refractivity contribution >= 4 is 11.8 Å². The molecule has 0 aliphatic carbocycles. The fourth-order valence-corrected chi connectivity index (χ4v) is 2.80. The van der Waals surface area contributed by atoms with Gasteiger partial charge in [-0.25, -0.2) is 0 Å². The molecule has 0 spiro atoms. The molecule has 2 heterocycles. The van der Waals surface area contributed by atoms with E-state index in [1.807, 2.05) is 30.3 Å². The molecule has 1 aromatic carbocycles. The smallest absolute Gasteiger partial charge is 0.289 e. The highest BCUT2D eigenvalue weighted by atomic mass is 16.5. The Bertz CT molecular complexity index is 695. The standard InChI is InChI=1S/C19H23N3O4/c23-18(15-26-16-5-2-1-3-6-16)20-8-9-21-10-12-22(13-11-21)19(24)17-7-4-14-25-17/h1-7,14H,8-13,15H2,(H,20,23). The molecule has 1 aliphatic heterocycles. The third kappa shape index (κ3) is 5.10. The van der Waals surface area contributed by atoms with Gasteiger partial charge in [-0.3, -0.25) is 14.5 Å². The van der Waals surface area contributed by atoms with E-state index in [-0.39, 0.29) is 18.4 Å². The van der Waals surface area contributed by atoms with Crippen molar-refractivity contribution < 1.29 is 18.7 Å². The van der Waals surface area contributed by atoms with Gasteiger partial charge >= 0.3 is 0 Å². The maximum Gasteiger partial charge on any atom is 0.289 e. The molecule has 1 aromatic heterocycles. The summed E-state index contributed by atoms with van der Waals surface area (Å²) in [5.41, 5.74) is 0. The van der Waals surface area contributed by atoms with E-state index in [2.05, 4.69) is 10.2 Å². The molecular formula is C19H23N3O4. The van der Waals surface area contributed by atoms with Crippen LogP contribution in [0.4, 0.5) is 0 Å². The van der Waals surface area contributed by atoms with Crippen LogP contribution in [-0.2, 0) is 4.79 Å². The van der Waals surface area contributed by atoms with Crippen molar-refractivity contribution in [3.63, 3.8) is 0 Å². The summed E-state index contributed by atoms with van der Waals surface area (Å²) in [5, 5.41) is 2.86. The summed E-state index contributed by atoms with van der Waals surface area (Å²) in [6, 6.07) is 12.7. The van der Waals surface area contributed by atoms with Crippen molar-refractivity contribution in [3.05, 3.63) is 54.5 Å². The molecule has 7 nitrogen and oxygen atoms in total. The van der Waals surface area contributed by atoms with Crippen molar-refractivity contribution in [2.45, 2.75) is 0 Å². The largest absolute Gasteiger partial charge is 0.484 e. The monoisotopic (exact) mass is 357 g/mol. The zero-order chi connectivity index (χ0) is 18.2. The van der Waals surface area contributed by atoms with Gasteiger partial charge in [0.15, 0.2) is 12.4 Å². The van der Waals surface area contributed by atoms with Crippen LogP contribution in [0.15, 0.2) is 53.1 Å². The second-order valence-corrected chi connectivity index (χ2v) is 6.06. The van der Waals surface area contributed by atoms with Crippen LogP contribution in [0.5, 0.6) is 5.75 Å². The van der Waals surface area contributed by atoms with Gasteiger partial charge in [-0.05, 0) is 24.3 Å². The number of nitrogens with one attached hydrogen (secondary N) is 1. The van der Waals surface area contributed by atoms with E-state index in [0.717, 1.165) is 19.6 Å². The molecule has 1 aliphatic rings. The first-order valence-electron chi connectivity index (χ1n) is 8.72. The van der Waals surface area contributed by atoms with Crippen LogP contribution in [-0.4, -0.2) is 67.5 Å². The van der Waals surface area contributed by atoms with Crippen LogP contribution in [0.3, 0.4) is 0 Å². The first-order valence-corrected chi connectivity index (χ1v) is 8.72. The maximum absolute atomic E-state index is 12.2. The van der Waals surface area contributed by atoms with Crippen LogP contribution in [0.1, 0.15) is 10.6 Å². The highest BCUT2D eigenvalue weighted by Crippen LogP contribution is 2.09. The number of furan rings is 1. The number of nitrogens with zero attached hydrogens (tertiary/aromatic N) is 2. The summed E-state index contributed by atoms with van der Waals surface area (Å²) in [7, 11) is 0. The van der Waals surface area contributed by atoms with Gasteiger partial charge in [0.25, 0.3) is 11.8 Å². The second kappa shape index (κ2) is 9.05. The minimum absolute atomic E-state index is 0.00937. The Balaban J connectivity index is 1.30. The van der Waals surface area contributed by atoms with E-state index >= 15 is 0 Å². The fraction of sp³-hybridized carbons (Fsp3) is 0.368. The molecule has 3 rings (SSSR count). The third-order valence-corrected chi connectivity index (χ3v) is 4.25. The van der Waals surface area contributed by atoms with E-state index in [4.69, 9.17) is 9.15 Å². The normalized spacial score (nSPS) is 14.8. The van der Waals surface area contributed by atoms with Crippen LogP contribution < -0.4 is 10.1 Å². The van der Waals surface area contributed by atoms with E-state index in [1.165, 1.54) is 6.26 Å². The number of rotatable bonds is 7. The molecule has 0 bridgehead atoms. The van der Waals surface area contributed by atoms with Crippen molar-refractivity contribution in [1.82, 2.24) is 15.1 Å². The second-order valence-electron chi connectivity index (χ2n) is 6.06. The third-order valence-electron chi connectivity index (χ3n) is 4.25. The minimum Gasteiger partial charge on any atom is -0.484 e.